The number of halogens is 1. The van der Waals surface area contributed by atoms with Crippen molar-refractivity contribution in [1.29, 1.82) is 0 Å². The molecular weight excluding hydrogens is 333 g/mol. The molecule has 1 atom stereocenters. The SMILES string of the molecule is Cc1ccc(C(=O)CCC(=O)NCC(C)(O)c2ccc(F)cc2)cc1C. The third-order valence-electron chi connectivity index (χ3n) is 4.50. The van der Waals surface area contributed by atoms with E-state index in [1.807, 2.05) is 26.0 Å². The van der Waals surface area contributed by atoms with E-state index in [-0.39, 0.29) is 31.1 Å². The number of amides is 1. The Morgan fingerprint density at radius 3 is 2.31 bits per heavy atom. The van der Waals surface area contributed by atoms with Gasteiger partial charge >= 0.3 is 0 Å². The Bertz CT molecular complexity index is 797. The molecule has 138 valence electrons. The number of hydrogen-bond acceptors (Lipinski definition) is 3. The van der Waals surface area contributed by atoms with E-state index in [9.17, 15) is 19.1 Å². The lowest BCUT2D eigenvalue weighted by Crippen LogP contribution is -2.38. The first kappa shape index (κ1) is 19.8. The van der Waals surface area contributed by atoms with Crippen molar-refractivity contribution in [1.82, 2.24) is 5.32 Å². The van der Waals surface area contributed by atoms with Gasteiger partial charge in [0.25, 0.3) is 0 Å². The number of hydrogen-bond donors (Lipinski definition) is 2. The van der Waals surface area contributed by atoms with Crippen LogP contribution >= 0.6 is 0 Å². The number of aryl methyl sites for hydroxylation is 2. The fourth-order valence-electron chi connectivity index (χ4n) is 2.56. The fourth-order valence-corrected chi connectivity index (χ4v) is 2.56. The van der Waals surface area contributed by atoms with Crippen molar-refractivity contribution in [2.24, 2.45) is 0 Å². The van der Waals surface area contributed by atoms with Crippen LogP contribution in [-0.2, 0) is 10.4 Å². The molecule has 4 nitrogen and oxygen atoms in total. The van der Waals surface area contributed by atoms with E-state index < -0.39 is 11.4 Å². The number of ketones is 1. The summed E-state index contributed by atoms with van der Waals surface area (Å²) in [5.74, 6) is -0.795. The minimum atomic E-state index is -1.32. The van der Waals surface area contributed by atoms with Crippen LogP contribution in [0, 0.1) is 19.7 Å². The molecule has 2 aromatic rings. The lowest BCUT2D eigenvalue weighted by Gasteiger charge is -2.24. The molecule has 0 aliphatic rings. The number of carbonyl (C=O) groups excluding carboxylic acids is 2. The fraction of sp³-hybridized carbons (Fsp3) is 0.333. The number of aliphatic hydroxyl groups is 1. The predicted octanol–water partition coefficient (Wildman–Crippen LogP) is 3.43. The molecule has 0 aromatic heterocycles. The molecule has 0 radical (unpaired) electrons. The molecule has 2 aromatic carbocycles. The maximum atomic E-state index is 13.0. The van der Waals surface area contributed by atoms with Gasteiger partial charge in [0.05, 0.1) is 6.54 Å². The summed E-state index contributed by atoms with van der Waals surface area (Å²) in [4.78, 5) is 24.2. The first-order valence-corrected chi connectivity index (χ1v) is 8.54. The zero-order valence-electron chi connectivity index (χ0n) is 15.3. The summed E-state index contributed by atoms with van der Waals surface area (Å²) in [6.07, 6.45) is 0.151. The lowest BCUT2D eigenvalue weighted by atomic mass is 9.96. The molecule has 0 bridgehead atoms. The minimum absolute atomic E-state index is 0.0186. The number of carbonyl (C=O) groups is 2. The van der Waals surface area contributed by atoms with E-state index in [1.54, 1.807) is 13.0 Å². The molecule has 0 fully saturated rings. The highest BCUT2D eigenvalue weighted by atomic mass is 19.1. The van der Waals surface area contributed by atoms with Gasteiger partial charge in [0.2, 0.25) is 5.91 Å². The van der Waals surface area contributed by atoms with Crippen LogP contribution in [-0.4, -0.2) is 23.3 Å². The number of Topliss-reactive ketones (excluding diaryl/α,β-unsaturated/α-hetero) is 1. The van der Waals surface area contributed by atoms with E-state index in [1.165, 1.54) is 24.3 Å². The molecule has 0 aliphatic carbocycles. The quantitative estimate of drug-likeness (QED) is 0.746. The van der Waals surface area contributed by atoms with E-state index in [0.29, 0.717) is 11.1 Å². The standard InChI is InChI=1S/C21H24FNO3/c1-14-4-5-16(12-15(14)2)19(24)10-11-20(25)23-13-21(3,26)17-6-8-18(22)9-7-17/h4-9,12,26H,10-11,13H2,1-3H3,(H,23,25). The monoisotopic (exact) mass is 357 g/mol. The van der Waals surface area contributed by atoms with Crippen LogP contribution in [0.2, 0.25) is 0 Å². The Hall–Kier alpha value is -2.53. The predicted molar refractivity (Wildman–Crippen MR) is 98.5 cm³/mol. The van der Waals surface area contributed by atoms with Crippen molar-refractivity contribution in [3.05, 3.63) is 70.5 Å². The molecule has 2 N–H and O–H groups in total. The second kappa shape index (κ2) is 8.23. The van der Waals surface area contributed by atoms with Crippen molar-refractivity contribution < 1.29 is 19.1 Å². The lowest BCUT2D eigenvalue weighted by molar-refractivity contribution is -0.122. The average Bonchev–Trinajstić information content (AvgIpc) is 2.60. The second-order valence-electron chi connectivity index (χ2n) is 6.78. The van der Waals surface area contributed by atoms with Crippen molar-refractivity contribution in [2.45, 2.75) is 39.2 Å². The van der Waals surface area contributed by atoms with E-state index in [0.717, 1.165) is 11.1 Å². The summed E-state index contributed by atoms with van der Waals surface area (Å²) >= 11 is 0. The molecule has 0 saturated heterocycles. The molecule has 2 rings (SSSR count). The summed E-state index contributed by atoms with van der Waals surface area (Å²) in [5, 5.41) is 13.1. The minimum Gasteiger partial charge on any atom is -0.384 e. The highest BCUT2D eigenvalue weighted by Crippen LogP contribution is 2.20. The average molecular weight is 357 g/mol. The number of nitrogens with one attached hydrogen (secondary N) is 1. The van der Waals surface area contributed by atoms with Gasteiger partial charge in [0, 0.05) is 18.4 Å². The zero-order chi connectivity index (χ0) is 19.3. The van der Waals surface area contributed by atoms with E-state index >= 15 is 0 Å². The van der Waals surface area contributed by atoms with Crippen LogP contribution in [0.1, 0.15) is 46.8 Å². The first-order chi connectivity index (χ1) is 12.2. The van der Waals surface area contributed by atoms with Crippen molar-refractivity contribution in [3.63, 3.8) is 0 Å². The maximum absolute atomic E-state index is 13.0. The number of benzene rings is 2. The van der Waals surface area contributed by atoms with Gasteiger partial charge in [-0.05, 0) is 55.7 Å². The highest BCUT2D eigenvalue weighted by Gasteiger charge is 2.24. The third-order valence-corrected chi connectivity index (χ3v) is 4.50. The Balaban J connectivity index is 1.85. The smallest absolute Gasteiger partial charge is 0.220 e. The van der Waals surface area contributed by atoms with Crippen LogP contribution < -0.4 is 5.32 Å². The summed E-state index contributed by atoms with van der Waals surface area (Å²) in [6, 6.07) is 11.0. The first-order valence-electron chi connectivity index (χ1n) is 8.54. The topological polar surface area (TPSA) is 66.4 Å². The van der Waals surface area contributed by atoms with Crippen molar-refractivity contribution >= 4 is 11.7 Å². The molecule has 0 aliphatic heterocycles. The highest BCUT2D eigenvalue weighted by molar-refractivity contribution is 5.98. The largest absolute Gasteiger partial charge is 0.384 e. The molecular formula is C21H24FNO3. The van der Waals surface area contributed by atoms with Crippen LogP contribution in [0.3, 0.4) is 0 Å². The molecule has 5 heteroatoms. The van der Waals surface area contributed by atoms with Gasteiger partial charge in [0.15, 0.2) is 5.78 Å². The van der Waals surface area contributed by atoms with Crippen LogP contribution in [0.25, 0.3) is 0 Å². The zero-order valence-corrected chi connectivity index (χ0v) is 15.3. The van der Waals surface area contributed by atoms with E-state index in [4.69, 9.17) is 0 Å². The van der Waals surface area contributed by atoms with Crippen molar-refractivity contribution in [2.75, 3.05) is 6.54 Å². The Kier molecular flexibility index (Phi) is 6.27. The summed E-state index contributed by atoms with van der Waals surface area (Å²) in [5.41, 5.74) is 1.93. The van der Waals surface area contributed by atoms with Crippen LogP contribution in [0.4, 0.5) is 4.39 Å². The molecule has 1 unspecified atom stereocenters. The van der Waals surface area contributed by atoms with Crippen LogP contribution in [0.5, 0.6) is 0 Å². The second-order valence-corrected chi connectivity index (χ2v) is 6.78. The molecule has 0 spiro atoms. The van der Waals surface area contributed by atoms with Gasteiger partial charge in [-0.25, -0.2) is 4.39 Å². The Morgan fingerprint density at radius 1 is 1.04 bits per heavy atom. The van der Waals surface area contributed by atoms with Gasteiger partial charge in [-0.15, -0.1) is 0 Å². The van der Waals surface area contributed by atoms with Crippen LogP contribution in [0.15, 0.2) is 42.5 Å². The van der Waals surface area contributed by atoms with Gasteiger partial charge in [0.1, 0.15) is 11.4 Å². The van der Waals surface area contributed by atoms with Gasteiger partial charge in [-0.1, -0.05) is 24.3 Å². The Morgan fingerprint density at radius 2 is 1.69 bits per heavy atom. The normalized spacial score (nSPS) is 13.1. The third kappa shape index (κ3) is 5.23. The molecule has 1 amide bonds. The number of rotatable bonds is 7. The van der Waals surface area contributed by atoms with Gasteiger partial charge in [-0.2, -0.15) is 0 Å². The van der Waals surface area contributed by atoms with Gasteiger partial charge < -0.3 is 10.4 Å². The molecule has 0 saturated carbocycles. The Labute approximate surface area is 153 Å². The van der Waals surface area contributed by atoms with Gasteiger partial charge in [-0.3, -0.25) is 9.59 Å². The summed E-state index contributed by atoms with van der Waals surface area (Å²) in [7, 11) is 0. The van der Waals surface area contributed by atoms with Crippen molar-refractivity contribution in [3.8, 4) is 0 Å². The molecule has 26 heavy (non-hydrogen) atoms. The maximum Gasteiger partial charge on any atom is 0.220 e. The summed E-state index contributed by atoms with van der Waals surface area (Å²) < 4.78 is 13.0. The van der Waals surface area contributed by atoms with E-state index in [2.05, 4.69) is 5.32 Å². The summed E-state index contributed by atoms with van der Waals surface area (Å²) in [6.45, 7) is 5.44. The molecule has 0 heterocycles.